The molecule has 9 heteroatoms. The second-order valence-electron chi connectivity index (χ2n) is 4.75. The second kappa shape index (κ2) is 9.09. The molecule has 23 heavy (non-hydrogen) atoms. The minimum absolute atomic E-state index is 0.0795. The standard InChI is InChI=1S/C14H21N3O5S/c1-4-15-11(18)6-16(5-2)12(19)8-22-13(20)7-17-10(3)9-23-14(17)21/h9H,4-8H2,1-3H3,(H,15,18). The van der Waals surface area contributed by atoms with Crippen LogP contribution in [0.1, 0.15) is 19.5 Å². The van der Waals surface area contributed by atoms with E-state index in [0.717, 1.165) is 11.3 Å². The molecule has 1 N–H and O–H groups in total. The van der Waals surface area contributed by atoms with Gasteiger partial charge in [0, 0.05) is 24.2 Å². The topological polar surface area (TPSA) is 97.7 Å². The van der Waals surface area contributed by atoms with Crippen LogP contribution >= 0.6 is 11.3 Å². The van der Waals surface area contributed by atoms with Crippen molar-refractivity contribution in [3.63, 3.8) is 0 Å². The number of ether oxygens (including phenoxy) is 1. The molecular weight excluding hydrogens is 322 g/mol. The van der Waals surface area contributed by atoms with Crippen molar-refractivity contribution in [1.82, 2.24) is 14.8 Å². The number of nitrogens with zero attached hydrogens (tertiary/aromatic N) is 2. The monoisotopic (exact) mass is 343 g/mol. The minimum atomic E-state index is -0.670. The van der Waals surface area contributed by atoms with Crippen molar-refractivity contribution in [1.29, 1.82) is 0 Å². The Morgan fingerprint density at radius 3 is 2.57 bits per heavy atom. The van der Waals surface area contributed by atoms with Gasteiger partial charge in [0.1, 0.15) is 6.54 Å². The molecule has 128 valence electrons. The van der Waals surface area contributed by atoms with Gasteiger partial charge >= 0.3 is 10.8 Å². The molecule has 0 aromatic carbocycles. The zero-order valence-electron chi connectivity index (χ0n) is 13.5. The first-order valence-electron chi connectivity index (χ1n) is 7.24. The summed E-state index contributed by atoms with van der Waals surface area (Å²) >= 11 is 0.997. The second-order valence-corrected chi connectivity index (χ2v) is 5.57. The van der Waals surface area contributed by atoms with E-state index in [2.05, 4.69) is 5.32 Å². The molecule has 0 aliphatic carbocycles. The van der Waals surface area contributed by atoms with Crippen molar-refractivity contribution >= 4 is 29.1 Å². The third-order valence-electron chi connectivity index (χ3n) is 3.06. The quantitative estimate of drug-likeness (QED) is 0.656. The van der Waals surface area contributed by atoms with Gasteiger partial charge in [-0.3, -0.25) is 23.7 Å². The number of thiazole rings is 1. The third-order valence-corrected chi connectivity index (χ3v) is 3.94. The molecule has 0 aliphatic rings. The third kappa shape index (κ3) is 5.85. The number of nitrogens with one attached hydrogen (secondary N) is 1. The van der Waals surface area contributed by atoms with Gasteiger partial charge in [-0.25, -0.2) is 0 Å². The number of aryl methyl sites for hydroxylation is 1. The van der Waals surface area contributed by atoms with Crippen LogP contribution in [0.5, 0.6) is 0 Å². The molecule has 0 unspecified atom stereocenters. The van der Waals surface area contributed by atoms with E-state index in [1.165, 1.54) is 9.47 Å². The van der Waals surface area contributed by atoms with Gasteiger partial charge in [-0.05, 0) is 20.8 Å². The SMILES string of the molecule is CCNC(=O)CN(CC)C(=O)COC(=O)Cn1c(C)csc1=O. The Bertz CT molecular complexity index is 622. The van der Waals surface area contributed by atoms with Crippen LogP contribution in [0.3, 0.4) is 0 Å². The lowest BCUT2D eigenvalue weighted by Crippen LogP contribution is -2.42. The fourth-order valence-electron chi connectivity index (χ4n) is 1.81. The van der Waals surface area contributed by atoms with Crippen LogP contribution in [0.2, 0.25) is 0 Å². The normalized spacial score (nSPS) is 10.2. The molecule has 1 heterocycles. The summed E-state index contributed by atoms with van der Waals surface area (Å²) in [5.41, 5.74) is 0.662. The summed E-state index contributed by atoms with van der Waals surface area (Å²) in [7, 11) is 0. The molecule has 0 radical (unpaired) electrons. The van der Waals surface area contributed by atoms with Gasteiger partial charge in [-0.2, -0.15) is 0 Å². The molecule has 1 rings (SSSR count). The van der Waals surface area contributed by atoms with Crippen molar-refractivity contribution in [3.8, 4) is 0 Å². The fraction of sp³-hybridized carbons (Fsp3) is 0.571. The van der Waals surface area contributed by atoms with Crippen LogP contribution in [0.15, 0.2) is 10.2 Å². The number of rotatable bonds is 8. The van der Waals surface area contributed by atoms with Crippen LogP contribution in [0, 0.1) is 6.92 Å². The molecule has 1 aromatic heterocycles. The van der Waals surface area contributed by atoms with Crippen molar-refractivity contribution < 1.29 is 19.1 Å². The first-order chi connectivity index (χ1) is 10.9. The van der Waals surface area contributed by atoms with Crippen LogP contribution in [-0.2, 0) is 25.7 Å². The van der Waals surface area contributed by atoms with Gasteiger partial charge in [0.15, 0.2) is 6.61 Å². The lowest BCUT2D eigenvalue weighted by Gasteiger charge is -2.20. The van der Waals surface area contributed by atoms with Crippen molar-refractivity contribution in [3.05, 3.63) is 20.7 Å². The zero-order chi connectivity index (χ0) is 17.4. The summed E-state index contributed by atoms with van der Waals surface area (Å²) in [5.74, 6) is -1.40. The van der Waals surface area contributed by atoms with E-state index in [0.29, 0.717) is 18.8 Å². The van der Waals surface area contributed by atoms with Gasteiger partial charge < -0.3 is 15.0 Å². The maximum Gasteiger partial charge on any atom is 0.326 e. The summed E-state index contributed by atoms with van der Waals surface area (Å²) in [4.78, 5) is 47.7. The van der Waals surface area contributed by atoms with E-state index in [4.69, 9.17) is 4.74 Å². The lowest BCUT2D eigenvalue weighted by atomic mass is 10.4. The number of likely N-dealkylation sites (N-methyl/N-ethyl adjacent to an activating group) is 2. The summed E-state index contributed by atoms with van der Waals surface area (Å²) < 4.78 is 6.18. The van der Waals surface area contributed by atoms with Gasteiger partial charge in [-0.15, -0.1) is 0 Å². The highest BCUT2D eigenvalue weighted by atomic mass is 32.1. The van der Waals surface area contributed by atoms with E-state index in [1.54, 1.807) is 26.2 Å². The molecule has 0 saturated carbocycles. The van der Waals surface area contributed by atoms with Gasteiger partial charge in [0.25, 0.3) is 5.91 Å². The van der Waals surface area contributed by atoms with E-state index in [1.807, 2.05) is 0 Å². The summed E-state index contributed by atoms with van der Waals surface area (Å²) in [6.45, 7) is 5.27. The highest BCUT2D eigenvalue weighted by molar-refractivity contribution is 7.07. The smallest absolute Gasteiger partial charge is 0.326 e. The number of aromatic nitrogens is 1. The molecule has 0 saturated heterocycles. The van der Waals surface area contributed by atoms with Gasteiger partial charge in [0.05, 0.1) is 6.54 Å². The number of esters is 1. The Balaban J connectivity index is 2.49. The predicted octanol–water partition coefficient (Wildman–Crippen LogP) is -0.254. The zero-order valence-corrected chi connectivity index (χ0v) is 14.3. The number of amides is 2. The maximum atomic E-state index is 12.0. The van der Waals surface area contributed by atoms with Crippen LogP contribution in [-0.4, -0.2) is 53.5 Å². The number of carbonyl (C=O) groups is 3. The largest absolute Gasteiger partial charge is 0.454 e. The summed E-state index contributed by atoms with van der Waals surface area (Å²) in [6, 6.07) is 0. The van der Waals surface area contributed by atoms with Crippen molar-refractivity contribution in [2.75, 3.05) is 26.2 Å². The van der Waals surface area contributed by atoms with E-state index < -0.39 is 18.5 Å². The van der Waals surface area contributed by atoms with Crippen LogP contribution in [0.4, 0.5) is 0 Å². The Kier molecular flexibility index (Phi) is 7.46. The highest BCUT2D eigenvalue weighted by Crippen LogP contribution is 2.00. The van der Waals surface area contributed by atoms with Gasteiger partial charge in [0.2, 0.25) is 5.91 Å². The first-order valence-corrected chi connectivity index (χ1v) is 8.12. The Labute approximate surface area is 138 Å². The van der Waals surface area contributed by atoms with Crippen LogP contribution in [0.25, 0.3) is 0 Å². The van der Waals surface area contributed by atoms with E-state index >= 15 is 0 Å². The average Bonchev–Trinajstić information content (AvgIpc) is 2.82. The number of hydrogen-bond acceptors (Lipinski definition) is 6. The molecule has 1 aromatic rings. The van der Waals surface area contributed by atoms with E-state index in [-0.39, 0.29) is 23.9 Å². The van der Waals surface area contributed by atoms with Crippen LogP contribution < -0.4 is 10.2 Å². The molecule has 8 nitrogen and oxygen atoms in total. The number of hydrogen-bond donors (Lipinski definition) is 1. The van der Waals surface area contributed by atoms with Gasteiger partial charge in [-0.1, -0.05) is 11.3 Å². The lowest BCUT2D eigenvalue weighted by molar-refractivity contribution is -0.153. The molecule has 2 amide bonds. The molecule has 0 atom stereocenters. The first kappa shape index (κ1) is 18.9. The Morgan fingerprint density at radius 1 is 1.35 bits per heavy atom. The Hall–Kier alpha value is -2.16. The fourth-order valence-corrected chi connectivity index (χ4v) is 2.54. The van der Waals surface area contributed by atoms with Crippen molar-refractivity contribution in [2.24, 2.45) is 0 Å². The molecule has 0 spiro atoms. The minimum Gasteiger partial charge on any atom is -0.454 e. The summed E-state index contributed by atoms with van der Waals surface area (Å²) in [5, 5.41) is 4.24. The molecule has 0 fully saturated rings. The number of carbonyl (C=O) groups excluding carboxylic acids is 3. The molecular formula is C14H21N3O5S. The predicted molar refractivity (Wildman–Crippen MR) is 85.2 cm³/mol. The summed E-state index contributed by atoms with van der Waals surface area (Å²) in [6.07, 6.45) is 0. The maximum absolute atomic E-state index is 12.0. The van der Waals surface area contributed by atoms with E-state index in [9.17, 15) is 19.2 Å². The average molecular weight is 343 g/mol. The molecule has 0 aliphatic heterocycles. The highest BCUT2D eigenvalue weighted by Gasteiger charge is 2.17. The Morgan fingerprint density at radius 2 is 2.04 bits per heavy atom. The molecule has 0 bridgehead atoms. The van der Waals surface area contributed by atoms with Crippen molar-refractivity contribution in [2.45, 2.75) is 27.3 Å².